The molecule has 0 atom stereocenters. The summed E-state index contributed by atoms with van der Waals surface area (Å²) in [5.41, 5.74) is 0.988. The summed E-state index contributed by atoms with van der Waals surface area (Å²) in [5.74, 6) is 0.913. The first-order chi connectivity index (χ1) is 9.88. The molecule has 0 amide bonds. The second kappa shape index (κ2) is 8.32. The van der Waals surface area contributed by atoms with Crippen LogP contribution in [0.5, 0.6) is 5.75 Å². The van der Waals surface area contributed by atoms with Gasteiger partial charge in [-0.25, -0.2) is 0 Å². The number of nitrogens with one attached hydrogen (secondary N) is 1. The lowest BCUT2D eigenvalue weighted by Crippen LogP contribution is -2.13. The lowest BCUT2D eigenvalue weighted by Gasteiger charge is -2.05. The van der Waals surface area contributed by atoms with Crippen molar-refractivity contribution in [3.05, 3.63) is 42.2 Å². The standard InChI is InChI=1S/C15H22N4O/c1-2-9-16-12-14-13-19(18-17-14)10-6-11-20-15-7-4-3-5-8-15/h3-5,7-8,13,16H,2,6,9-12H2,1H3. The van der Waals surface area contributed by atoms with Crippen LogP contribution in [0.15, 0.2) is 36.5 Å². The Morgan fingerprint density at radius 1 is 1.25 bits per heavy atom. The van der Waals surface area contributed by atoms with Crippen LogP contribution in [0.3, 0.4) is 0 Å². The fourth-order valence-electron chi connectivity index (χ4n) is 1.86. The number of aryl methyl sites for hydroxylation is 1. The number of benzene rings is 1. The smallest absolute Gasteiger partial charge is 0.119 e. The van der Waals surface area contributed by atoms with Gasteiger partial charge in [0.05, 0.1) is 12.3 Å². The maximum absolute atomic E-state index is 5.64. The van der Waals surface area contributed by atoms with Gasteiger partial charge in [0.15, 0.2) is 0 Å². The molecule has 1 aromatic heterocycles. The van der Waals surface area contributed by atoms with Crippen molar-refractivity contribution in [2.45, 2.75) is 32.9 Å². The highest BCUT2D eigenvalue weighted by atomic mass is 16.5. The minimum absolute atomic E-state index is 0.688. The summed E-state index contributed by atoms with van der Waals surface area (Å²) in [6.45, 7) is 5.46. The number of aromatic nitrogens is 3. The molecule has 1 N–H and O–H groups in total. The summed E-state index contributed by atoms with van der Waals surface area (Å²) in [6.07, 6.45) is 4.04. The Morgan fingerprint density at radius 3 is 2.90 bits per heavy atom. The SMILES string of the molecule is CCCNCc1cn(CCCOc2ccccc2)nn1. The van der Waals surface area contributed by atoms with E-state index in [1.54, 1.807) is 0 Å². The second-order valence-electron chi connectivity index (χ2n) is 4.66. The lowest BCUT2D eigenvalue weighted by molar-refractivity contribution is 0.298. The molecular formula is C15H22N4O. The van der Waals surface area contributed by atoms with Gasteiger partial charge >= 0.3 is 0 Å². The maximum Gasteiger partial charge on any atom is 0.119 e. The molecule has 0 radical (unpaired) electrons. The summed E-state index contributed by atoms with van der Waals surface area (Å²) in [6, 6.07) is 9.86. The number of para-hydroxylation sites is 1. The number of rotatable bonds is 9. The molecule has 20 heavy (non-hydrogen) atoms. The predicted octanol–water partition coefficient (Wildman–Crippen LogP) is 2.25. The average molecular weight is 274 g/mol. The van der Waals surface area contributed by atoms with E-state index >= 15 is 0 Å². The van der Waals surface area contributed by atoms with Crippen molar-refractivity contribution < 1.29 is 4.74 Å². The first-order valence-corrected chi connectivity index (χ1v) is 7.16. The van der Waals surface area contributed by atoms with E-state index in [0.717, 1.165) is 43.9 Å². The summed E-state index contributed by atoms with van der Waals surface area (Å²) in [5, 5.41) is 11.6. The molecule has 0 spiro atoms. The molecule has 5 heteroatoms. The van der Waals surface area contributed by atoms with Crippen molar-refractivity contribution in [1.29, 1.82) is 0 Å². The molecule has 1 heterocycles. The zero-order valence-electron chi connectivity index (χ0n) is 12.0. The summed E-state index contributed by atoms with van der Waals surface area (Å²) < 4.78 is 7.51. The molecular weight excluding hydrogens is 252 g/mol. The van der Waals surface area contributed by atoms with Crippen molar-refractivity contribution in [3.63, 3.8) is 0 Å². The molecule has 0 unspecified atom stereocenters. The lowest BCUT2D eigenvalue weighted by atomic mass is 10.3. The van der Waals surface area contributed by atoms with Crippen LogP contribution in [0.4, 0.5) is 0 Å². The zero-order valence-corrected chi connectivity index (χ0v) is 12.0. The van der Waals surface area contributed by atoms with Gasteiger partial charge in [0.2, 0.25) is 0 Å². The Labute approximate surface area is 120 Å². The van der Waals surface area contributed by atoms with Crippen molar-refractivity contribution >= 4 is 0 Å². The van der Waals surface area contributed by atoms with E-state index in [-0.39, 0.29) is 0 Å². The third kappa shape index (κ3) is 5.01. The van der Waals surface area contributed by atoms with Gasteiger partial charge in [-0.2, -0.15) is 0 Å². The number of hydrogen-bond donors (Lipinski definition) is 1. The van der Waals surface area contributed by atoms with Gasteiger partial charge in [-0.15, -0.1) is 5.10 Å². The van der Waals surface area contributed by atoms with Crippen LogP contribution < -0.4 is 10.1 Å². The van der Waals surface area contributed by atoms with E-state index in [4.69, 9.17) is 4.74 Å². The van der Waals surface area contributed by atoms with E-state index in [9.17, 15) is 0 Å². The fraction of sp³-hybridized carbons (Fsp3) is 0.467. The Morgan fingerprint density at radius 2 is 2.10 bits per heavy atom. The number of hydrogen-bond acceptors (Lipinski definition) is 4. The quantitative estimate of drug-likeness (QED) is 0.713. The summed E-state index contributed by atoms with van der Waals surface area (Å²) in [4.78, 5) is 0. The minimum atomic E-state index is 0.688. The molecule has 108 valence electrons. The van der Waals surface area contributed by atoms with Gasteiger partial charge in [-0.05, 0) is 25.1 Å². The van der Waals surface area contributed by atoms with Crippen molar-refractivity contribution in [2.24, 2.45) is 0 Å². The molecule has 2 rings (SSSR count). The third-order valence-corrected chi connectivity index (χ3v) is 2.86. The molecule has 0 saturated heterocycles. The van der Waals surface area contributed by atoms with E-state index in [2.05, 4.69) is 22.6 Å². The number of ether oxygens (including phenoxy) is 1. The van der Waals surface area contributed by atoms with Gasteiger partial charge in [0, 0.05) is 25.7 Å². The molecule has 0 fully saturated rings. The fourth-order valence-corrected chi connectivity index (χ4v) is 1.86. The molecule has 0 aliphatic carbocycles. The van der Waals surface area contributed by atoms with Crippen LogP contribution in [0.25, 0.3) is 0 Å². The highest BCUT2D eigenvalue weighted by Gasteiger charge is 2.00. The molecule has 1 aromatic carbocycles. The van der Waals surface area contributed by atoms with Gasteiger partial charge in [-0.1, -0.05) is 30.3 Å². The maximum atomic E-state index is 5.64. The van der Waals surface area contributed by atoms with Crippen LogP contribution in [-0.4, -0.2) is 28.1 Å². The largest absolute Gasteiger partial charge is 0.494 e. The molecule has 0 saturated carbocycles. The Hall–Kier alpha value is -1.88. The first kappa shape index (κ1) is 14.5. The monoisotopic (exact) mass is 274 g/mol. The van der Waals surface area contributed by atoms with E-state index in [1.165, 1.54) is 0 Å². The van der Waals surface area contributed by atoms with Crippen LogP contribution in [0.2, 0.25) is 0 Å². The predicted molar refractivity (Wildman–Crippen MR) is 78.6 cm³/mol. The van der Waals surface area contributed by atoms with Crippen LogP contribution in [0, 0.1) is 0 Å². The number of nitrogens with zero attached hydrogens (tertiary/aromatic N) is 3. The minimum Gasteiger partial charge on any atom is -0.494 e. The zero-order chi connectivity index (χ0) is 14.0. The van der Waals surface area contributed by atoms with E-state index in [0.29, 0.717) is 6.61 Å². The van der Waals surface area contributed by atoms with Gasteiger partial charge in [0.25, 0.3) is 0 Å². The van der Waals surface area contributed by atoms with E-state index in [1.807, 2.05) is 41.2 Å². The average Bonchev–Trinajstić information content (AvgIpc) is 2.93. The van der Waals surface area contributed by atoms with Crippen molar-refractivity contribution in [1.82, 2.24) is 20.3 Å². The van der Waals surface area contributed by atoms with Crippen molar-refractivity contribution in [2.75, 3.05) is 13.2 Å². The van der Waals surface area contributed by atoms with Crippen LogP contribution in [-0.2, 0) is 13.1 Å². The van der Waals surface area contributed by atoms with Gasteiger partial charge in [-0.3, -0.25) is 4.68 Å². The summed E-state index contributed by atoms with van der Waals surface area (Å²) in [7, 11) is 0. The Balaban J connectivity index is 1.64. The highest BCUT2D eigenvalue weighted by molar-refractivity contribution is 5.20. The molecule has 5 nitrogen and oxygen atoms in total. The van der Waals surface area contributed by atoms with Crippen LogP contribution in [0.1, 0.15) is 25.5 Å². The molecule has 0 bridgehead atoms. The van der Waals surface area contributed by atoms with E-state index < -0.39 is 0 Å². The van der Waals surface area contributed by atoms with Gasteiger partial charge < -0.3 is 10.1 Å². The normalized spacial score (nSPS) is 10.7. The molecule has 2 aromatic rings. The first-order valence-electron chi connectivity index (χ1n) is 7.16. The van der Waals surface area contributed by atoms with Crippen LogP contribution >= 0.6 is 0 Å². The molecule has 0 aliphatic rings. The Bertz CT molecular complexity index is 484. The van der Waals surface area contributed by atoms with Crippen molar-refractivity contribution in [3.8, 4) is 5.75 Å². The van der Waals surface area contributed by atoms with Gasteiger partial charge in [0.1, 0.15) is 5.75 Å². The topological polar surface area (TPSA) is 52.0 Å². The molecule has 0 aliphatic heterocycles. The Kier molecular flexibility index (Phi) is 6.05. The second-order valence-corrected chi connectivity index (χ2v) is 4.66. The summed E-state index contributed by atoms with van der Waals surface area (Å²) >= 11 is 0. The highest BCUT2D eigenvalue weighted by Crippen LogP contribution is 2.08. The third-order valence-electron chi connectivity index (χ3n) is 2.86.